The number of fused-ring (bicyclic) bond motifs is 1. The minimum atomic E-state index is -3.51. The summed E-state index contributed by atoms with van der Waals surface area (Å²) in [6.45, 7) is 3.84. The van der Waals surface area contributed by atoms with Crippen molar-refractivity contribution in [3.63, 3.8) is 0 Å². The molecule has 1 aliphatic rings. The Kier molecular flexibility index (Phi) is 5.85. The van der Waals surface area contributed by atoms with Crippen LogP contribution >= 0.6 is 12.4 Å². The number of halogens is 1. The quantitative estimate of drug-likeness (QED) is 0.874. The number of sulfonamides is 1. The Morgan fingerprint density at radius 3 is 2.88 bits per heavy atom. The highest BCUT2D eigenvalue weighted by atomic mass is 35.5. The first kappa shape index (κ1) is 19.1. The van der Waals surface area contributed by atoms with Crippen molar-refractivity contribution in [2.45, 2.75) is 24.7 Å². The highest BCUT2D eigenvalue weighted by molar-refractivity contribution is 7.89. The molecule has 0 spiro atoms. The first-order valence-electron chi connectivity index (χ1n) is 7.87. The Morgan fingerprint density at radius 2 is 2.17 bits per heavy atom. The predicted octanol–water partition coefficient (Wildman–Crippen LogP) is 1.32. The summed E-state index contributed by atoms with van der Waals surface area (Å²) in [6, 6.07) is 1.70. The van der Waals surface area contributed by atoms with Crippen molar-refractivity contribution < 1.29 is 8.42 Å². The summed E-state index contributed by atoms with van der Waals surface area (Å²) in [6.07, 6.45) is 3.40. The van der Waals surface area contributed by atoms with E-state index in [1.54, 1.807) is 15.1 Å². The van der Waals surface area contributed by atoms with Gasteiger partial charge in [-0.1, -0.05) is 0 Å². The lowest BCUT2D eigenvalue weighted by atomic mass is 10.00. The van der Waals surface area contributed by atoms with Gasteiger partial charge in [0.05, 0.1) is 5.69 Å². The summed E-state index contributed by atoms with van der Waals surface area (Å²) in [7, 11) is 0.202. The summed E-state index contributed by atoms with van der Waals surface area (Å²) >= 11 is 0. The number of rotatable bonds is 4. The SMILES string of the molecule is CNCC1CCCN(S(=O)(=O)c2cnc3c(c2)c(C)nn3C)C1.Cl. The van der Waals surface area contributed by atoms with Crippen LogP contribution in [0.15, 0.2) is 17.2 Å². The second-order valence-corrected chi connectivity index (χ2v) is 8.12. The van der Waals surface area contributed by atoms with Crippen LogP contribution in [0.1, 0.15) is 18.5 Å². The number of aromatic nitrogens is 3. The van der Waals surface area contributed by atoms with E-state index < -0.39 is 10.0 Å². The van der Waals surface area contributed by atoms with Gasteiger partial charge in [0.15, 0.2) is 5.65 Å². The van der Waals surface area contributed by atoms with E-state index in [0.29, 0.717) is 24.7 Å². The third-order valence-electron chi connectivity index (χ3n) is 4.45. The van der Waals surface area contributed by atoms with Gasteiger partial charge >= 0.3 is 0 Å². The van der Waals surface area contributed by atoms with Gasteiger partial charge in [-0.2, -0.15) is 9.40 Å². The predicted molar refractivity (Wildman–Crippen MR) is 95.9 cm³/mol. The van der Waals surface area contributed by atoms with Crippen LogP contribution in [0, 0.1) is 12.8 Å². The van der Waals surface area contributed by atoms with Gasteiger partial charge in [0, 0.05) is 31.7 Å². The molecule has 24 heavy (non-hydrogen) atoms. The molecule has 0 amide bonds. The van der Waals surface area contributed by atoms with Gasteiger partial charge in [0.2, 0.25) is 10.0 Å². The summed E-state index contributed by atoms with van der Waals surface area (Å²) in [5, 5.41) is 8.23. The average Bonchev–Trinajstić information content (AvgIpc) is 2.82. The molecule has 3 heterocycles. The molecule has 1 unspecified atom stereocenters. The molecule has 3 rings (SSSR count). The number of aryl methyl sites for hydroxylation is 2. The largest absolute Gasteiger partial charge is 0.319 e. The van der Waals surface area contributed by atoms with Gasteiger partial charge in [-0.25, -0.2) is 13.4 Å². The molecular weight excluding hydrogens is 350 g/mol. The minimum Gasteiger partial charge on any atom is -0.319 e. The van der Waals surface area contributed by atoms with Crippen molar-refractivity contribution in [2.24, 2.45) is 13.0 Å². The van der Waals surface area contributed by atoms with E-state index in [2.05, 4.69) is 15.4 Å². The van der Waals surface area contributed by atoms with Gasteiger partial charge in [0.1, 0.15) is 4.90 Å². The van der Waals surface area contributed by atoms with E-state index in [1.807, 2.05) is 21.0 Å². The van der Waals surface area contributed by atoms with Crippen LogP contribution in [-0.2, 0) is 17.1 Å². The maximum absolute atomic E-state index is 12.9. The molecule has 2 aromatic rings. The molecule has 1 aliphatic heterocycles. The molecule has 0 aliphatic carbocycles. The molecule has 134 valence electrons. The molecule has 0 bridgehead atoms. The van der Waals surface area contributed by atoms with E-state index in [4.69, 9.17) is 0 Å². The Balaban J connectivity index is 0.00000208. The lowest BCUT2D eigenvalue weighted by Gasteiger charge is -2.31. The number of hydrogen-bond donors (Lipinski definition) is 1. The standard InChI is InChI=1S/C15H23N5O2S.ClH/c1-11-14-7-13(9-17-15(14)19(3)18-11)23(21,22)20-6-4-5-12(10-20)8-16-2;/h7,9,12,16H,4-6,8,10H2,1-3H3;1H. The number of pyridine rings is 1. The summed E-state index contributed by atoms with van der Waals surface area (Å²) in [5.74, 6) is 0.361. The molecule has 7 nitrogen and oxygen atoms in total. The maximum atomic E-state index is 12.9. The Hall–Kier alpha value is -1.22. The molecule has 0 radical (unpaired) electrons. The fourth-order valence-corrected chi connectivity index (χ4v) is 4.81. The normalized spacial score (nSPS) is 19.4. The number of hydrogen-bond acceptors (Lipinski definition) is 5. The molecule has 0 aromatic carbocycles. The zero-order valence-electron chi connectivity index (χ0n) is 14.2. The number of nitrogens with one attached hydrogen (secondary N) is 1. The molecule has 1 saturated heterocycles. The van der Waals surface area contributed by atoms with Crippen LogP contribution < -0.4 is 5.32 Å². The van der Waals surface area contributed by atoms with Crippen LogP contribution in [0.5, 0.6) is 0 Å². The smallest absolute Gasteiger partial charge is 0.244 e. The maximum Gasteiger partial charge on any atom is 0.244 e. The number of nitrogens with zero attached hydrogens (tertiary/aromatic N) is 4. The fourth-order valence-electron chi connectivity index (χ4n) is 3.28. The Morgan fingerprint density at radius 1 is 1.42 bits per heavy atom. The fraction of sp³-hybridized carbons (Fsp3) is 0.600. The van der Waals surface area contributed by atoms with Crippen LogP contribution in [0.2, 0.25) is 0 Å². The topological polar surface area (TPSA) is 80.1 Å². The molecule has 1 atom stereocenters. The second kappa shape index (κ2) is 7.35. The highest BCUT2D eigenvalue weighted by Gasteiger charge is 2.30. The Labute approximate surface area is 148 Å². The van der Waals surface area contributed by atoms with Gasteiger partial charge in [-0.05, 0) is 45.3 Å². The van der Waals surface area contributed by atoms with E-state index >= 15 is 0 Å². The van der Waals surface area contributed by atoms with Crippen molar-refractivity contribution in [3.8, 4) is 0 Å². The molecular formula is C15H24ClN5O2S. The average molecular weight is 374 g/mol. The van der Waals surface area contributed by atoms with E-state index in [1.165, 1.54) is 6.20 Å². The van der Waals surface area contributed by atoms with Crippen LogP contribution in [-0.4, -0.2) is 54.2 Å². The van der Waals surface area contributed by atoms with Crippen molar-refractivity contribution in [1.29, 1.82) is 0 Å². The lowest BCUT2D eigenvalue weighted by molar-refractivity contribution is 0.263. The zero-order chi connectivity index (χ0) is 16.6. The van der Waals surface area contributed by atoms with Gasteiger partial charge in [0.25, 0.3) is 0 Å². The van der Waals surface area contributed by atoms with Crippen molar-refractivity contribution in [1.82, 2.24) is 24.4 Å². The first-order valence-corrected chi connectivity index (χ1v) is 9.31. The molecule has 0 saturated carbocycles. The zero-order valence-corrected chi connectivity index (χ0v) is 15.8. The second-order valence-electron chi connectivity index (χ2n) is 6.18. The monoisotopic (exact) mass is 373 g/mol. The third-order valence-corrected chi connectivity index (χ3v) is 6.28. The molecule has 1 fully saturated rings. The van der Waals surface area contributed by atoms with Crippen LogP contribution in [0.3, 0.4) is 0 Å². The summed E-state index contributed by atoms with van der Waals surface area (Å²) in [4.78, 5) is 4.56. The first-order chi connectivity index (χ1) is 10.9. The Bertz CT molecular complexity index is 819. The van der Waals surface area contributed by atoms with Crippen molar-refractivity contribution >= 4 is 33.5 Å². The molecule has 2 aromatic heterocycles. The van der Waals surface area contributed by atoms with Gasteiger partial charge in [-0.3, -0.25) is 4.68 Å². The highest BCUT2D eigenvalue weighted by Crippen LogP contribution is 2.25. The minimum absolute atomic E-state index is 0. The molecule has 9 heteroatoms. The summed E-state index contributed by atoms with van der Waals surface area (Å²) in [5.41, 5.74) is 1.49. The van der Waals surface area contributed by atoms with Crippen LogP contribution in [0.25, 0.3) is 11.0 Å². The van der Waals surface area contributed by atoms with E-state index in [0.717, 1.165) is 30.5 Å². The van der Waals surface area contributed by atoms with Crippen molar-refractivity contribution in [2.75, 3.05) is 26.7 Å². The van der Waals surface area contributed by atoms with Gasteiger partial charge in [-0.15, -0.1) is 12.4 Å². The van der Waals surface area contributed by atoms with Crippen molar-refractivity contribution in [3.05, 3.63) is 18.0 Å². The molecule has 1 N–H and O–H groups in total. The lowest BCUT2D eigenvalue weighted by Crippen LogP contribution is -2.42. The van der Waals surface area contributed by atoms with Crippen LogP contribution in [0.4, 0.5) is 0 Å². The summed E-state index contributed by atoms with van der Waals surface area (Å²) < 4.78 is 29.1. The number of piperidine rings is 1. The van der Waals surface area contributed by atoms with Gasteiger partial charge < -0.3 is 5.32 Å². The third kappa shape index (κ3) is 3.42. The van der Waals surface area contributed by atoms with E-state index in [-0.39, 0.29) is 17.3 Å². The van der Waals surface area contributed by atoms with E-state index in [9.17, 15) is 8.42 Å².